The maximum atomic E-state index is 12.9. The largest absolute Gasteiger partial charge is 0.493 e. The Morgan fingerprint density at radius 3 is 2.46 bits per heavy atom. The number of nitrogens with one attached hydrogen (secondary N) is 1. The molecule has 4 nitrogen and oxygen atoms in total. The molecule has 0 bridgehead atoms. The number of hydrogen-bond donors (Lipinski definition) is 1. The van der Waals surface area contributed by atoms with Crippen molar-refractivity contribution in [2.24, 2.45) is 5.10 Å². The molecule has 3 aromatic carbocycles. The topological polar surface area (TPSA) is 42.8 Å². The Balaban J connectivity index is 1.64. The van der Waals surface area contributed by atoms with E-state index in [0.29, 0.717) is 23.8 Å². The van der Waals surface area contributed by atoms with Crippen molar-refractivity contribution in [2.45, 2.75) is 6.61 Å². The van der Waals surface area contributed by atoms with Gasteiger partial charge in [0, 0.05) is 0 Å². The van der Waals surface area contributed by atoms with E-state index in [4.69, 9.17) is 9.47 Å². The molecule has 0 aromatic heterocycles. The molecule has 1 N–H and O–H groups in total. The zero-order valence-corrected chi connectivity index (χ0v) is 14.4. The summed E-state index contributed by atoms with van der Waals surface area (Å²) in [5.41, 5.74) is 5.49. The lowest BCUT2D eigenvalue weighted by molar-refractivity contribution is 0.284. The molecule has 3 rings (SSSR count). The van der Waals surface area contributed by atoms with E-state index in [9.17, 15) is 4.39 Å². The molecule has 0 fully saturated rings. The van der Waals surface area contributed by atoms with Crippen molar-refractivity contribution >= 4 is 11.9 Å². The Kier molecular flexibility index (Phi) is 5.83. The monoisotopic (exact) mass is 350 g/mol. The van der Waals surface area contributed by atoms with Gasteiger partial charge in [0.15, 0.2) is 11.5 Å². The van der Waals surface area contributed by atoms with Gasteiger partial charge in [-0.05, 0) is 53.6 Å². The maximum Gasteiger partial charge on any atom is 0.161 e. The van der Waals surface area contributed by atoms with E-state index in [0.717, 1.165) is 11.1 Å². The number of nitrogens with zero attached hydrogens (tertiary/aromatic N) is 1. The fraction of sp³-hybridized carbons (Fsp3) is 0.0952. The average molecular weight is 350 g/mol. The molecule has 0 radical (unpaired) electrons. The van der Waals surface area contributed by atoms with E-state index in [1.165, 1.54) is 12.1 Å². The van der Waals surface area contributed by atoms with Crippen molar-refractivity contribution in [1.82, 2.24) is 0 Å². The summed E-state index contributed by atoms with van der Waals surface area (Å²) in [6.45, 7) is 0.469. The van der Waals surface area contributed by atoms with Crippen LogP contribution in [0.3, 0.4) is 0 Å². The van der Waals surface area contributed by atoms with E-state index in [1.54, 1.807) is 25.5 Å². The van der Waals surface area contributed by atoms with Crippen LogP contribution in [0.1, 0.15) is 11.1 Å². The summed E-state index contributed by atoms with van der Waals surface area (Å²) < 4.78 is 24.1. The third kappa shape index (κ3) is 4.83. The van der Waals surface area contributed by atoms with E-state index < -0.39 is 0 Å². The second kappa shape index (κ2) is 8.67. The number of benzene rings is 3. The zero-order chi connectivity index (χ0) is 18.2. The molecule has 26 heavy (non-hydrogen) atoms. The van der Waals surface area contributed by atoms with Crippen LogP contribution < -0.4 is 14.9 Å². The molecule has 0 aliphatic rings. The normalized spacial score (nSPS) is 10.7. The molecule has 0 heterocycles. The Morgan fingerprint density at radius 2 is 1.73 bits per heavy atom. The van der Waals surface area contributed by atoms with Gasteiger partial charge in [-0.2, -0.15) is 5.10 Å². The first kappa shape index (κ1) is 17.5. The van der Waals surface area contributed by atoms with Crippen molar-refractivity contribution in [3.8, 4) is 11.5 Å². The molecule has 3 aromatic rings. The second-order valence-electron chi connectivity index (χ2n) is 5.56. The second-order valence-corrected chi connectivity index (χ2v) is 5.56. The van der Waals surface area contributed by atoms with Crippen LogP contribution in [-0.4, -0.2) is 13.3 Å². The lowest BCUT2D eigenvalue weighted by Gasteiger charge is -2.11. The third-order valence-electron chi connectivity index (χ3n) is 3.68. The minimum absolute atomic E-state index is 0.282. The summed E-state index contributed by atoms with van der Waals surface area (Å²) in [4.78, 5) is 0. The third-order valence-corrected chi connectivity index (χ3v) is 3.68. The van der Waals surface area contributed by atoms with E-state index >= 15 is 0 Å². The Bertz CT molecular complexity index is 865. The Hall–Kier alpha value is -3.34. The molecule has 0 saturated heterocycles. The Morgan fingerprint density at radius 1 is 0.962 bits per heavy atom. The van der Waals surface area contributed by atoms with Gasteiger partial charge >= 0.3 is 0 Å². The summed E-state index contributed by atoms with van der Waals surface area (Å²) in [5, 5.41) is 4.15. The summed E-state index contributed by atoms with van der Waals surface area (Å²) in [6.07, 6.45) is 1.66. The van der Waals surface area contributed by atoms with Gasteiger partial charge in [0.2, 0.25) is 0 Å². The first-order chi connectivity index (χ1) is 12.7. The number of hydrogen-bond acceptors (Lipinski definition) is 4. The molecule has 0 atom stereocenters. The number of hydrazone groups is 1. The first-order valence-corrected chi connectivity index (χ1v) is 8.14. The van der Waals surface area contributed by atoms with Gasteiger partial charge in [-0.25, -0.2) is 4.39 Å². The highest BCUT2D eigenvalue weighted by Gasteiger charge is 2.05. The lowest BCUT2D eigenvalue weighted by atomic mass is 10.2. The highest BCUT2D eigenvalue weighted by Crippen LogP contribution is 2.28. The standard InChI is InChI=1S/C21H19FN2O2/c1-25-21-13-17(14-23-24-19-10-8-18(22)9-11-19)7-12-20(21)26-15-16-5-3-2-4-6-16/h2-14,24H,15H2,1H3/b23-14+. The molecule has 0 aliphatic heterocycles. The molecule has 132 valence electrons. The van der Waals surface area contributed by atoms with Crippen molar-refractivity contribution < 1.29 is 13.9 Å². The van der Waals surface area contributed by atoms with Gasteiger partial charge in [0.25, 0.3) is 0 Å². The summed E-state index contributed by atoms with van der Waals surface area (Å²) in [6, 6.07) is 21.5. The highest BCUT2D eigenvalue weighted by molar-refractivity contribution is 5.81. The van der Waals surface area contributed by atoms with Gasteiger partial charge in [0.1, 0.15) is 12.4 Å². The predicted molar refractivity (Wildman–Crippen MR) is 101 cm³/mol. The summed E-state index contributed by atoms with van der Waals surface area (Å²) in [5.74, 6) is 1.02. The molecular weight excluding hydrogens is 331 g/mol. The van der Waals surface area contributed by atoms with Crippen LogP contribution in [0.15, 0.2) is 77.9 Å². The minimum atomic E-state index is -0.282. The summed E-state index contributed by atoms with van der Waals surface area (Å²) >= 11 is 0. The predicted octanol–water partition coefficient (Wildman–Crippen LogP) is 4.86. The minimum Gasteiger partial charge on any atom is -0.493 e. The average Bonchev–Trinajstić information content (AvgIpc) is 2.69. The van der Waals surface area contributed by atoms with Crippen LogP contribution >= 0.6 is 0 Å². The number of ether oxygens (including phenoxy) is 2. The SMILES string of the molecule is COc1cc(/C=N/Nc2ccc(F)cc2)ccc1OCc1ccccc1. The molecule has 0 spiro atoms. The van der Waals surface area contributed by atoms with E-state index in [2.05, 4.69) is 10.5 Å². The van der Waals surface area contributed by atoms with Crippen LogP contribution in [0.2, 0.25) is 0 Å². The quantitative estimate of drug-likeness (QED) is 0.489. The van der Waals surface area contributed by atoms with Gasteiger partial charge < -0.3 is 9.47 Å². The molecule has 0 amide bonds. The smallest absolute Gasteiger partial charge is 0.161 e. The van der Waals surface area contributed by atoms with Crippen molar-refractivity contribution in [3.63, 3.8) is 0 Å². The molecule has 0 unspecified atom stereocenters. The van der Waals surface area contributed by atoms with Gasteiger partial charge in [0.05, 0.1) is 19.0 Å². The molecule has 0 saturated carbocycles. The lowest BCUT2D eigenvalue weighted by Crippen LogP contribution is -1.98. The molecule has 5 heteroatoms. The van der Waals surface area contributed by atoms with Gasteiger partial charge in [-0.1, -0.05) is 30.3 Å². The summed E-state index contributed by atoms with van der Waals surface area (Å²) in [7, 11) is 1.60. The van der Waals surface area contributed by atoms with Gasteiger partial charge in [-0.15, -0.1) is 0 Å². The Labute approximate surface area is 151 Å². The van der Waals surface area contributed by atoms with Crippen LogP contribution in [0.4, 0.5) is 10.1 Å². The van der Waals surface area contributed by atoms with Gasteiger partial charge in [-0.3, -0.25) is 5.43 Å². The van der Waals surface area contributed by atoms with Crippen molar-refractivity contribution in [3.05, 3.63) is 89.7 Å². The molecule has 0 aliphatic carbocycles. The number of halogens is 1. The number of methoxy groups -OCH3 is 1. The van der Waals surface area contributed by atoms with Crippen LogP contribution in [0, 0.1) is 5.82 Å². The van der Waals surface area contributed by atoms with E-state index in [-0.39, 0.29) is 5.82 Å². The maximum absolute atomic E-state index is 12.9. The van der Waals surface area contributed by atoms with Crippen molar-refractivity contribution in [2.75, 3.05) is 12.5 Å². The van der Waals surface area contributed by atoms with E-state index in [1.807, 2.05) is 48.5 Å². The highest BCUT2D eigenvalue weighted by atomic mass is 19.1. The number of rotatable bonds is 7. The fourth-order valence-corrected chi connectivity index (χ4v) is 2.32. The fourth-order valence-electron chi connectivity index (χ4n) is 2.32. The zero-order valence-electron chi connectivity index (χ0n) is 14.4. The number of anilines is 1. The van der Waals surface area contributed by atoms with Crippen LogP contribution in [0.5, 0.6) is 11.5 Å². The van der Waals surface area contributed by atoms with Crippen LogP contribution in [-0.2, 0) is 6.61 Å². The van der Waals surface area contributed by atoms with Crippen LogP contribution in [0.25, 0.3) is 0 Å². The molecular formula is C21H19FN2O2. The van der Waals surface area contributed by atoms with Crippen molar-refractivity contribution in [1.29, 1.82) is 0 Å². The first-order valence-electron chi connectivity index (χ1n) is 8.14.